The fourth-order valence-electron chi connectivity index (χ4n) is 3.89. The summed E-state index contributed by atoms with van der Waals surface area (Å²) in [5.41, 5.74) is 1.73. The lowest BCUT2D eigenvalue weighted by Gasteiger charge is -2.31. The monoisotopic (exact) mass is 490 g/mol. The number of halogens is 2. The van der Waals surface area contributed by atoms with Crippen LogP contribution in [0.4, 0.5) is 0 Å². The van der Waals surface area contributed by atoms with Crippen molar-refractivity contribution in [1.29, 1.82) is 0 Å². The van der Waals surface area contributed by atoms with Crippen molar-refractivity contribution in [3.63, 3.8) is 0 Å². The second kappa shape index (κ2) is 11.0. The Morgan fingerprint density at radius 2 is 1.87 bits per heavy atom. The highest BCUT2D eigenvalue weighted by Crippen LogP contribution is 2.21. The highest BCUT2D eigenvalue weighted by Gasteiger charge is 2.28. The zero-order valence-electron chi connectivity index (χ0n) is 17.2. The number of rotatable bonds is 7. The van der Waals surface area contributed by atoms with Crippen LogP contribution in [0.3, 0.4) is 0 Å². The van der Waals surface area contributed by atoms with Gasteiger partial charge in [0.25, 0.3) is 0 Å². The number of nitrogens with one attached hydrogen (secondary N) is 1. The van der Waals surface area contributed by atoms with Crippen LogP contribution in [0, 0.1) is 0 Å². The summed E-state index contributed by atoms with van der Waals surface area (Å²) in [7, 11) is 0. The number of hydrogen-bond donors (Lipinski definition) is 1. The van der Waals surface area contributed by atoms with Crippen molar-refractivity contribution in [2.24, 2.45) is 0 Å². The number of carbonyl (C=O) groups excluding carboxylic acids is 2. The molecule has 30 heavy (non-hydrogen) atoms. The van der Waals surface area contributed by atoms with Crippen LogP contribution in [-0.2, 0) is 22.6 Å². The van der Waals surface area contributed by atoms with Gasteiger partial charge in [0, 0.05) is 22.1 Å². The third-order valence-corrected chi connectivity index (χ3v) is 6.52. The lowest BCUT2D eigenvalue weighted by atomic mass is 9.95. The number of benzene rings is 2. The van der Waals surface area contributed by atoms with E-state index in [1.54, 1.807) is 17.9 Å². The van der Waals surface area contributed by atoms with Crippen LogP contribution < -0.4 is 5.32 Å². The van der Waals surface area contributed by atoms with Crippen molar-refractivity contribution in [2.45, 2.75) is 64.1 Å². The van der Waals surface area contributed by atoms with Gasteiger partial charge >= 0.3 is 0 Å². The van der Waals surface area contributed by atoms with Crippen molar-refractivity contribution < 1.29 is 9.59 Å². The molecule has 0 aliphatic heterocycles. The van der Waals surface area contributed by atoms with E-state index in [4.69, 9.17) is 11.6 Å². The molecule has 4 nitrogen and oxygen atoms in total. The Morgan fingerprint density at radius 3 is 2.57 bits per heavy atom. The molecule has 0 heterocycles. The van der Waals surface area contributed by atoms with Gasteiger partial charge in [0.05, 0.1) is 6.42 Å². The molecule has 2 amide bonds. The molecule has 0 bridgehead atoms. The minimum atomic E-state index is -0.569. The summed E-state index contributed by atoms with van der Waals surface area (Å²) in [5, 5.41) is 3.72. The van der Waals surface area contributed by atoms with Crippen LogP contribution in [0.15, 0.2) is 53.0 Å². The van der Waals surface area contributed by atoms with E-state index >= 15 is 0 Å². The van der Waals surface area contributed by atoms with E-state index in [2.05, 4.69) is 21.2 Å². The zero-order chi connectivity index (χ0) is 21.5. The molecule has 1 aliphatic carbocycles. The number of hydrogen-bond acceptors (Lipinski definition) is 2. The molecule has 0 unspecified atom stereocenters. The van der Waals surface area contributed by atoms with Gasteiger partial charge in [-0.3, -0.25) is 9.59 Å². The number of nitrogens with zero attached hydrogens (tertiary/aromatic N) is 1. The molecular formula is C24H28BrClN2O2. The molecule has 0 aromatic heterocycles. The average molecular weight is 492 g/mol. The third kappa shape index (κ3) is 6.32. The van der Waals surface area contributed by atoms with Crippen molar-refractivity contribution in [1.82, 2.24) is 10.2 Å². The largest absolute Gasteiger partial charge is 0.352 e. The van der Waals surface area contributed by atoms with Gasteiger partial charge in [-0.15, -0.1) is 0 Å². The van der Waals surface area contributed by atoms with Crippen molar-refractivity contribution in [3.8, 4) is 0 Å². The first-order valence-corrected chi connectivity index (χ1v) is 11.7. The van der Waals surface area contributed by atoms with Gasteiger partial charge in [-0.2, -0.15) is 0 Å². The minimum absolute atomic E-state index is 0.0931. The molecule has 0 saturated heterocycles. The summed E-state index contributed by atoms with van der Waals surface area (Å²) in [6.45, 7) is 2.17. The van der Waals surface area contributed by atoms with E-state index in [0.29, 0.717) is 11.6 Å². The van der Waals surface area contributed by atoms with E-state index in [9.17, 15) is 9.59 Å². The Morgan fingerprint density at radius 1 is 1.13 bits per heavy atom. The van der Waals surface area contributed by atoms with Crippen LogP contribution in [0.25, 0.3) is 0 Å². The van der Waals surface area contributed by atoms with Gasteiger partial charge in [-0.25, -0.2) is 0 Å². The molecule has 0 spiro atoms. The molecule has 160 valence electrons. The van der Waals surface area contributed by atoms with Crippen molar-refractivity contribution in [2.75, 3.05) is 0 Å². The fraction of sp³-hybridized carbons (Fsp3) is 0.417. The fourth-order valence-corrected chi connectivity index (χ4v) is 4.54. The van der Waals surface area contributed by atoms with Crippen LogP contribution >= 0.6 is 27.5 Å². The summed E-state index contributed by atoms with van der Waals surface area (Å²) in [4.78, 5) is 27.9. The second-order valence-electron chi connectivity index (χ2n) is 7.94. The van der Waals surface area contributed by atoms with Crippen LogP contribution in [0.2, 0.25) is 5.02 Å². The lowest BCUT2D eigenvalue weighted by molar-refractivity contribution is -0.140. The standard InChI is InChI=1S/C24H28BrClN2O2/c1-17(24(30)27-21-11-3-2-4-12-21)28(16-18-8-7-10-20(25)14-18)23(29)15-19-9-5-6-13-22(19)26/h5-10,13-14,17,21H,2-4,11-12,15-16H2,1H3,(H,27,30)/t17-/m0/s1. The maximum Gasteiger partial charge on any atom is 0.242 e. The molecule has 2 aromatic carbocycles. The predicted molar refractivity (Wildman–Crippen MR) is 124 cm³/mol. The summed E-state index contributed by atoms with van der Waals surface area (Å²) >= 11 is 9.75. The molecule has 1 N–H and O–H groups in total. The lowest BCUT2D eigenvalue weighted by Crippen LogP contribution is -2.50. The quantitative estimate of drug-likeness (QED) is 0.555. The van der Waals surface area contributed by atoms with Gasteiger partial charge in [0.2, 0.25) is 11.8 Å². The number of amides is 2. The van der Waals surface area contributed by atoms with Crippen molar-refractivity contribution >= 4 is 39.3 Å². The molecule has 3 rings (SSSR count). The molecule has 1 fully saturated rings. The van der Waals surface area contributed by atoms with E-state index < -0.39 is 6.04 Å². The third-order valence-electron chi connectivity index (χ3n) is 5.66. The maximum absolute atomic E-state index is 13.3. The Balaban J connectivity index is 1.77. The van der Waals surface area contributed by atoms with E-state index in [1.165, 1.54) is 6.42 Å². The first kappa shape index (κ1) is 22.8. The number of carbonyl (C=O) groups is 2. The minimum Gasteiger partial charge on any atom is -0.352 e. The van der Waals surface area contributed by atoms with Crippen LogP contribution in [-0.4, -0.2) is 28.8 Å². The van der Waals surface area contributed by atoms with Crippen molar-refractivity contribution in [3.05, 3.63) is 69.2 Å². The van der Waals surface area contributed by atoms with E-state index in [-0.39, 0.29) is 24.3 Å². The van der Waals surface area contributed by atoms with Gasteiger partial charge in [0.15, 0.2) is 0 Å². The molecule has 1 aliphatic rings. The normalized spacial score (nSPS) is 15.4. The SMILES string of the molecule is C[C@@H](C(=O)NC1CCCCC1)N(Cc1cccc(Br)c1)C(=O)Cc1ccccc1Cl. The Bertz CT molecular complexity index is 883. The Kier molecular flexibility index (Phi) is 8.34. The first-order chi connectivity index (χ1) is 14.4. The Hall–Kier alpha value is -1.85. The van der Waals surface area contributed by atoms with Crippen LogP contribution in [0.1, 0.15) is 50.2 Å². The molecule has 1 saturated carbocycles. The summed E-state index contributed by atoms with van der Waals surface area (Å²) < 4.78 is 0.942. The summed E-state index contributed by atoms with van der Waals surface area (Å²) in [6.07, 6.45) is 5.70. The predicted octanol–water partition coefficient (Wildman–Crippen LogP) is 5.51. The van der Waals surface area contributed by atoms with Gasteiger partial charge in [0.1, 0.15) is 6.04 Å². The van der Waals surface area contributed by atoms with E-state index in [0.717, 1.165) is 41.3 Å². The second-order valence-corrected chi connectivity index (χ2v) is 9.26. The molecular weight excluding hydrogens is 464 g/mol. The van der Waals surface area contributed by atoms with Gasteiger partial charge in [-0.1, -0.05) is 77.1 Å². The molecule has 0 radical (unpaired) electrons. The highest BCUT2D eigenvalue weighted by atomic mass is 79.9. The average Bonchev–Trinajstić information content (AvgIpc) is 2.74. The molecule has 2 aromatic rings. The molecule has 6 heteroatoms. The van der Waals surface area contributed by atoms with Gasteiger partial charge in [-0.05, 0) is 49.1 Å². The topological polar surface area (TPSA) is 49.4 Å². The maximum atomic E-state index is 13.3. The first-order valence-electron chi connectivity index (χ1n) is 10.5. The smallest absolute Gasteiger partial charge is 0.242 e. The van der Waals surface area contributed by atoms with E-state index in [1.807, 2.05) is 42.5 Å². The van der Waals surface area contributed by atoms with Gasteiger partial charge < -0.3 is 10.2 Å². The molecule has 1 atom stereocenters. The highest BCUT2D eigenvalue weighted by molar-refractivity contribution is 9.10. The van der Waals surface area contributed by atoms with Crippen LogP contribution in [0.5, 0.6) is 0 Å². The zero-order valence-corrected chi connectivity index (χ0v) is 19.6. The Labute approximate surface area is 192 Å². The summed E-state index contributed by atoms with van der Waals surface area (Å²) in [5.74, 6) is -0.209. The summed E-state index contributed by atoms with van der Waals surface area (Å²) in [6, 6.07) is 14.8.